The summed E-state index contributed by atoms with van der Waals surface area (Å²) < 4.78 is 5.58. The lowest BCUT2D eigenvalue weighted by Crippen LogP contribution is -3.08. The third-order valence-corrected chi connectivity index (χ3v) is 4.40. The van der Waals surface area contributed by atoms with Crippen molar-refractivity contribution in [2.24, 2.45) is 0 Å². The molecule has 0 aliphatic rings. The molecule has 0 radical (unpaired) electrons. The van der Waals surface area contributed by atoms with E-state index in [0.29, 0.717) is 13.1 Å². The molecule has 2 atom stereocenters. The minimum Gasteiger partial charge on any atom is -0.460 e. The van der Waals surface area contributed by atoms with Crippen LogP contribution in [0.3, 0.4) is 0 Å². The summed E-state index contributed by atoms with van der Waals surface area (Å²) in [6, 6.07) is 18.4. The Kier molecular flexibility index (Phi) is 5.19. The molecule has 0 fully saturated rings. The molecule has 130 valence electrons. The molecule has 4 heteroatoms. The lowest BCUT2D eigenvalue weighted by molar-refractivity contribution is -0.886. The Hall–Kier alpha value is -2.59. The summed E-state index contributed by atoms with van der Waals surface area (Å²) in [4.78, 5) is 13.5. The second-order valence-corrected chi connectivity index (χ2v) is 6.68. The molecule has 0 aliphatic carbocycles. The highest BCUT2D eigenvalue weighted by atomic mass is 16.3. The van der Waals surface area contributed by atoms with E-state index in [1.807, 2.05) is 51.2 Å². The SMILES string of the molecule is Cc1ccc(C[NH+](C)CC(=O)N[C@@H](C)c2cccc3ccccc23)o1. The van der Waals surface area contributed by atoms with Crippen LogP contribution in [0.4, 0.5) is 0 Å². The van der Waals surface area contributed by atoms with Crippen molar-refractivity contribution in [3.8, 4) is 0 Å². The van der Waals surface area contributed by atoms with Crippen LogP contribution in [0.15, 0.2) is 59.0 Å². The highest BCUT2D eigenvalue weighted by Gasteiger charge is 2.16. The molecular weight excluding hydrogens is 312 g/mol. The van der Waals surface area contributed by atoms with Crippen molar-refractivity contribution in [1.82, 2.24) is 5.32 Å². The van der Waals surface area contributed by atoms with Crippen molar-refractivity contribution in [2.75, 3.05) is 13.6 Å². The molecule has 0 bridgehead atoms. The molecule has 25 heavy (non-hydrogen) atoms. The minimum absolute atomic E-state index is 0.0303. The number of quaternary nitrogens is 1. The quantitative estimate of drug-likeness (QED) is 0.726. The Balaban J connectivity index is 1.62. The molecule has 0 saturated carbocycles. The standard InChI is InChI=1S/C21H24N2O2/c1-15-11-12-18(25-15)13-23(3)14-21(24)22-16(2)19-10-6-8-17-7-4-5-9-20(17)19/h4-12,16H,13-14H2,1-3H3,(H,22,24)/p+1/t16-/m0/s1. The minimum atomic E-state index is -0.0303. The van der Waals surface area contributed by atoms with Gasteiger partial charge in [-0.25, -0.2) is 0 Å². The summed E-state index contributed by atoms with van der Waals surface area (Å²) in [5, 5.41) is 5.50. The third-order valence-electron chi connectivity index (χ3n) is 4.40. The maximum atomic E-state index is 12.4. The first-order valence-corrected chi connectivity index (χ1v) is 8.66. The molecule has 2 aromatic carbocycles. The van der Waals surface area contributed by atoms with E-state index in [-0.39, 0.29) is 11.9 Å². The number of carbonyl (C=O) groups is 1. The van der Waals surface area contributed by atoms with E-state index < -0.39 is 0 Å². The average molecular weight is 337 g/mol. The van der Waals surface area contributed by atoms with E-state index in [1.54, 1.807) is 0 Å². The van der Waals surface area contributed by atoms with Crippen molar-refractivity contribution in [3.63, 3.8) is 0 Å². The van der Waals surface area contributed by atoms with Gasteiger partial charge in [0.05, 0.1) is 13.1 Å². The van der Waals surface area contributed by atoms with Gasteiger partial charge in [0.1, 0.15) is 12.3 Å². The molecule has 1 unspecified atom stereocenters. The molecule has 0 saturated heterocycles. The van der Waals surface area contributed by atoms with E-state index in [2.05, 4.69) is 29.6 Å². The van der Waals surface area contributed by atoms with Gasteiger partial charge in [0.2, 0.25) is 0 Å². The van der Waals surface area contributed by atoms with E-state index in [9.17, 15) is 4.79 Å². The number of hydrogen-bond acceptors (Lipinski definition) is 2. The molecule has 1 amide bonds. The summed E-state index contributed by atoms with van der Waals surface area (Å²) in [5.41, 5.74) is 1.14. The second-order valence-electron chi connectivity index (χ2n) is 6.68. The van der Waals surface area contributed by atoms with Gasteiger partial charge in [-0.2, -0.15) is 0 Å². The predicted octanol–water partition coefficient (Wildman–Crippen LogP) is 2.63. The molecule has 0 spiro atoms. The largest absolute Gasteiger partial charge is 0.460 e. The zero-order valence-corrected chi connectivity index (χ0v) is 15.0. The van der Waals surface area contributed by atoms with Gasteiger partial charge >= 0.3 is 0 Å². The molecule has 3 aromatic rings. The first kappa shape index (κ1) is 17.2. The van der Waals surface area contributed by atoms with Gasteiger partial charge in [-0.3, -0.25) is 4.79 Å². The highest BCUT2D eigenvalue weighted by molar-refractivity contribution is 5.87. The fraction of sp³-hybridized carbons (Fsp3) is 0.286. The van der Waals surface area contributed by atoms with Gasteiger partial charge in [-0.1, -0.05) is 42.5 Å². The lowest BCUT2D eigenvalue weighted by atomic mass is 10.00. The van der Waals surface area contributed by atoms with Crippen LogP contribution >= 0.6 is 0 Å². The number of aryl methyl sites for hydroxylation is 1. The van der Waals surface area contributed by atoms with Gasteiger partial charge in [0.15, 0.2) is 12.3 Å². The number of furan rings is 1. The van der Waals surface area contributed by atoms with Crippen LogP contribution in [0.5, 0.6) is 0 Å². The number of rotatable bonds is 6. The van der Waals surface area contributed by atoms with Crippen molar-refractivity contribution >= 4 is 16.7 Å². The van der Waals surface area contributed by atoms with Crippen molar-refractivity contribution < 1.29 is 14.1 Å². The molecule has 2 N–H and O–H groups in total. The van der Waals surface area contributed by atoms with Crippen LogP contribution in [-0.2, 0) is 11.3 Å². The summed E-state index contributed by atoms with van der Waals surface area (Å²) in [5.74, 6) is 1.85. The van der Waals surface area contributed by atoms with Crippen LogP contribution in [0.25, 0.3) is 10.8 Å². The van der Waals surface area contributed by atoms with E-state index in [1.165, 1.54) is 10.8 Å². The molecule has 1 heterocycles. The average Bonchev–Trinajstić information content (AvgIpc) is 2.98. The van der Waals surface area contributed by atoms with E-state index in [0.717, 1.165) is 22.0 Å². The van der Waals surface area contributed by atoms with Crippen LogP contribution < -0.4 is 10.2 Å². The Morgan fingerprint density at radius 3 is 2.64 bits per heavy atom. The molecule has 0 aliphatic heterocycles. The van der Waals surface area contributed by atoms with Crippen molar-refractivity contribution in [3.05, 3.63) is 71.7 Å². The first-order valence-electron chi connectivity index (χ1n) is 8.66. The van der Waals surface area contributed by atoms with Crippen LogP contribution in [0.1, 0.15) is 30.0 Å². The number of nitrogens with one attached hydrogen (secondary N) is 2. The molecule has 1 aromatic heterocycles. The number of amides is 1. The van der Waals surface area contributed by atoms with Crippen molar-refractivity contribution in [2.45, 2.75) is 26.4 Å². The number of benzene rings is 2. The Bertz CT molecular complexity index is 864. The number of hydrogen-bond donors (Lipinski definition) is 2. The van der Waals surface area contributed by atoms with E-state index >= 15 is 0 Å². The second kappa shape index (κ2) is 7.53. The van der Waals surface area contributed by atoms with Crippen molar-refractivity contribution in [1.29, 1.82) is 0 Å². The zero-order valence-electron chi connectivity index (χ0n) is 15.0. The fourth-order valence-electron chi connectivity index (χ4n) is 3.21. The summed E-state index contributed by atoms with van der Waals surface area (Å²) in [7, 11) is 2.00. The van der Waals surface area contributed by atoms with Gasteiger partial charge in [-0.05, 0) is 42.3 Å². The van der Waals surface area contributed by atoms with Gasteiger partial charge < -0.3 is 14.6 Å². The molecule has 4 nitrogen and oxygen atoms in total. The van der Waals surface area contributed by atoms with Gasteiger partial charge in [0.25, 0.3) is 5.91 Å². The molecular formula is C21H25N2O2+. The number of carbonyl (C=O) groups excluding carboxylic acids is 1. The monoisotopic (exact) mass is 337 g/mol. The Labute approximate surface area is 148 Å². The molecule has 3 rings (SSSR count). The topological polar surface area (TPSA) is 46.7 Å². The summed E-state index contributed by atoms with van der Waals surface area (Å²) >= 11 is 0. The number of likely N-dealkylation sites (N-methyl/N-ethyl adjacent to an activating group) is 1. The van der Waals surface area contributed by atoms with Crippen LogP contribution in [0.2, 0.25) is 0 Å². The lowest BCUT2D eigenvalue weighted by Gasteiger charge is -2.18. The number of fused-ring (bicyclic) bond motifs is 1. The predicted molar refractivity (Wildman–Crippen MR) is 99.4 cm³/mol. The van der Waals surface area contributed by atoms with Gasteiger partial charge in [-0.15, -0.1) is 0 Å². The van der Waals surface area contributed by atoms with E-state index in [4.69, 9.17) is 4.42 Å². The Morgan fingerprint density at radius 1 is 1.12 bits per heavy atom. The summed E-state index contributed by atoms with van der Waals surface area (Å²) in [6.45, 7) is 5.07. The van der Waals surface area contributed by atoms with Crippen LogP contribution in [0, 0.1) is 6.92 Å². The third kappa shape index (κ3) is 4.28. The maximum Gasteiger partial charge on any atom is 0.275 e. The zero-order chi connectivity index (χ0) is 17.8. The first-order chi connectivity index (χ1) is 12.0. The fourth-order valence-corrected chi connectivity index (χ4v) is 3.21. The smallest absolute Gasteiger partial charge is 0.275 e. The Morgan fingerprint density at radius 2 is 1.88 bits per heavy atom. The van der Waals surface area contributed by atoms with Crippen LogP contribution in [-0.4, -0.2) is 19.5 Å². The maximum absolute atomic E-state index is 12.4. The van der Waals surface area contributed by atoms with Gasteiger partial charge in [0, 0.05) is 0 Å². The highest BCUT2D eigenvalue weighted by Crippen LogP contribution is 2.23. The summed E-state index contributed by atoms with van der Waals surface area (Å²) in [6.07, 6.45) is 0. The normalized spacial score (nSPS) is 13.6.